The molecule has 3 amide bonds. The number of anilines is 2. The van der Waals surface area contributed by atoms with Crippen LogP contribution in [0.1, 0.15) is 11.1 Å². The number of likely N-dealkylation sites (N-methyl/N-ethyl adjacent to an activating group) is 1. The molecule has 0 bridgehead atoms. The van der Waals surface area contributed by atoms with Crippen LogP contribution in [0.5, 0.6) is 0 Å². The van der Waals surface area contributed by atoms with Crippen molar-refractivity contribution < 1.29 is 9.59 Å². The Morgan fingerprint density at radius 1 is 0.935 bits per heavy atom. The van der Waals surface area contributed by atoms with E-state index in [0.717, 1.165) is 11.1 Å². The molecule has 0 aromatic heterocycles. The molecule has 1 aliphatic rings. The van der Waals surface area contributed by atoms with Gasteiger partial charge in [-0.1, -0.05) is 77.8 Å². The summed E-state index contributed by atoms with van der Waals surface area (Å²) in [4.78, 5) is 31.9. The lowest BCUT2D eigenvalue weighted by Crippen LogP contribution is -2.47. The van der Waals surface area contributed by atoms with Crippen LogP contribution in [0.2, 0.25) is 10.0 Å². The number of rotatable bonds is 3. The van der Waals surface area contributed by atoms with E-state index in [9.17, 15) is 9.59 Å². The van der Waals surface area contributed by atoms with Gasteiger partial charge in [0.1, 0.15) is 0 Å². The fourth-order valence-electron chi connectivity index (χ4n) is 3.33. The zero-order valence-electron chi connectivity index (χ0n) is 16.5. The van der Waals surface area contributed by atoms with Crippen LogP contribution in [0.3, 0.4) is 0 Å². The zero-order chi connectivity index (χ0) is 22.0. The first-order valence-corrected chi connectivity index (χ1v) is 10.2. The minimum absolute atomic E-state index is 0.258. The summed E-state index contributed by atoms with van der Waals surface area (Å²) in [6.07, 6.45) is -1.14. The van der Waals surface area contributed by atoms with Crippen LogP contribution in [0.4, 0.5) is 16.2 Å². The van der Waals surface area contributed by atoms with Gasteiger partial charge in [0.15, 0.2) is 0 Å². The Bertz CT molecular complexity index is 1160. The first kappa shape index (κ1) is 20.9. The van der Waals surface area contributed by atoms with Crippen molar-refractivity contribution in [1.29, 1.82) is 0 Å². The average molecular weight is 453 g/mol. The highest BCUT2D eigenvalue weighted by molar-refractivity contribution is 6.39. The fraction of sp³-hybridized carbons (Fsp3) is 0.0870. The molecule has 0 fully saturated rings. The number of para-hydroxylation sites is 2. The number of carbonyl (C=O) groups excluding carboxylic acids is 2. The van der Waals surface area contributed by atoms with Crippen molar-refractivity contribution in [3.63, 3.8) is 0 Å². The van der Waals surface area contributed by atoms with Crippen LogP contribution in [-0.2, 0) is 4.79 Å². The van der Waals surface area contributed by atoms with Gasteiger partial charge in [0.05, 0.1) is 27.1 Å². The lowest BCUT2D eigenvalue weighted by Gasteiger charge is -2.21. The van der Waals surface area contributed by atoms with Crippen LogP contribution < -0.4 is 15.5 Å². The van der Waals surface area contributed by atoms with Gasteiger partial charge in [-0.15, -0.1) is 0 Å². The summed E-state index contributed by atoms with van der Waals surface area (Å²) in [6, 6.07) is 21.2. The number of benzodiazepines with no additional fused rings is 1. The molecule has 0 saturated carbocycles. The number of hydrogen-bond acceptors (Lipinski definition) is 3. The molecular formula is C23H18Cl2N4O2. The molecule has 6 nitrogen and oxygen atoms in total. The number of benzene rings is 3. The first-order chi connectivity index (χ1) is 15.0. The molecule has 0 spiro atoms. The van der Waals surface area contributed by atoms with E-state index in [1.54, 1.807) is 25.2 Å². The van der Waals surface area contributed by atoms with Crippen molar-refractivity contribution in [1.82, 2.24) is 5.32 Å². The third kappa shape index (κ3) is 4.26. The SMILES string of the molecule is CN1C(=O)C(NC(=O)Nc2c(Cl)cccc2Cl)N=C(c2ccccc2)c2ccccc21. The first-order valence-electron chi connectivity index (χ1n) is 9.47. The number of amides is 3. The lowest BCUT2D eigenvalue weighted by molar-refractivity contribution is -0.119. The van der Waals surface area contributed by atoms with Gasteiger partial charge in [-0.05, 0) is 18.2 Å². The predicted molar refractivity (Wildman–Crippen MR) is 124 cm³/mol. The summed E-state index contributed by atoms with van der Waals surface area (Å²) in [5, 5.41) is 5.80. The molecule has 0 saturated heterocycles. The minimum atomic E-state index is -1.14. The maximum absolute atomic E-state index is 13.1. The van der Waals surface area contributed by atoms with E-state index in [1.165, 1.54) is 4.90 Å². The van der Waals surface area contributed by atoms with Crippen LogP contribution >= 0.6 is 23.2 Å². The summed E-state index contributed by atoms with van der Waals surface area (Å²) in [7, 11) is 1.65. The van der Waals surface area contributed by atoms with E-state index in [4.69, 9.17) is 23.2 Å². The molecular weight excluding hydrogens is 435 g/mol. The molecule has 31 heavy (non-hydrogen) atoms. The van der Waals surface area contributed by atoms with Gasteiger partial charge in [-0.3, -0.25) is 4.79 Å². The van der Waals surface area contributed by atoms with Crippen molar-refractivity contribution in [3.8, 4) is 0 Å². The van der Waals surface area contributed by atoms with E-state index in [2.05, 4.69) is 15.6 Å². The van der Waals surface area contributed by atoms with Crippen molar-refractivity contribution in [2.24, 2.45) is 4.99 Å². The summed E-state index contributed by atoms with van der Waals surface area (Å²) in [5.74, 6) is -0.376. The Balaban J connectivity index is 1.70. The van der Waals surface area contributed by atoms with Gasteiger partial charge >= 0.3 is 6.03 Å². The molecule has 0 radical (unpaired) electrons. The second kappa shape index (κ2) is 8.79. The van der Waals surface area contributed by atoms with E-state index in [1.807, 2.05) is 54.6 Å². The normalized spacial score (nSPS) is 15.6. The van der Waals surface area contributed by atoms with Gasteiger partial charge in [0.25, 0.3) is 5.91 Å². The number of hydrogen-bond donors (Lipinski definition) is 2. The molecule has 3 aromatic carbocycles. The zero-order valence-corrected chi connectivity index (χ0v) is 18.0. The van der Waals surface area contributed by atoms with Crippen LogP contribution in [-0.4, -0.2) is 30.9 Å². The molecule has 1 aliphatic heterocycles. The summed E-state index contributed by atoms with van der Waals surface area (Å²) in [5.41, 5.74) is 3.19. The molecule has 8 heteroatoms. The van der Waals surface area contributed by atoms with Gasteiger partial charge in [0.2, 0.25) is 6.17 Å². The maximum Gasteiger partial charge on any atom is 0.321 e. The van der Waals surface area contributed by atoms with E-state index in [-0.39, 0.29) is 21.6 Å². The largest absolute Gasteiger partial charge is 0.321 e. The Labute approximate surface area is 189 Å². The fourth-order valence-corrected chi connectivity index (χ4v) is 3.83. The predicted octanol–water partition coefficient (Wildman–Crippen LogP) is 4.96. The van der Waals surface area contributed by atoms with Crippen LogP contribution in [0.15, 0.2) is 77.8 Å². The molecule has 4 rings (SSSR count). The number of nitrogens with zero attached hydrogens (tertiary/aromatic N) is 2. The number of carbonyl (C=O) groups is 2. The Kier molecular flexibility index (Phi) is 5.93. The van der Waals surface area contributed by atoms with Crippen LogP contribution in [0, 0.1) is 0 Å². The maximum atomic E-state index is 13.1. The molecule has 0 aliphatic carbocycles. The van der Waals surface area contributed by atoms with E-state index < -0.39 is 12.2 Å². The number of aliphatic imine (C=N–C) groups is 1. The highest BCUT2D eigenvalue weighted by Crippen LogP contribution is 2.30. The Morgan fingerprint density at radius 3 is 2.29 bits per heavy atom. The monoisotopic (exact) mass is 452 g/mol. The van der Waals surface area contributed by atoms with Crippen molar-refractivity contribution in [2.75, 3.05) is 17.3 Å². The quantitative estimate of drug-likeness (QED) is 0.589. The average Bonchev–Trinajstić information content (AvgIpc) is 2.88. The van der Waals surface area contributed by atoms with Crippen molar-refractivity contribution in [2.45, 2.75) is 6.17 Å². The van der Waals surface area contributed by atoms with Gasteiger partial charge in [-0.2, -0.15) is 0 Å². The number of halogens is 2. The summed E-state index contributed by atoms with van der Waals surface area (Å²) < 4.78 is 0. The second-order valence-electron chi connectivity index (χ2n) is 6.86. The number of nitrogens with one attached hydrogen (secondary N) is 2. The van der Waals surface area contributed by atoms with Crippen molar-refractivity contribution in [3.05, 3.63) is 94.0 Å². The third-order valence-electron chi connectivity index (χ3n) is 4.86. The summed E-state index contributed by atoms with van der Waals surface area (Å²) >= 11 is 12.3. The van der Waals surface area contributed by atoms with Gasteiger partial charge in [-0.25, -0.2) is 9.79 Å². The Morgan fingerprint density at radius 2 is 1.58 bits per heavy atom. The second-order valence-corrected chi connectivity index (χ2v) is 7.67. The molecule has 2 N–H and O–H groups in total. The van der Waals surface area contributed by atoms with E-state index >= 15 is 0 Å². The van der Waals surface area contributed by atoms with Crippen LogP contribution in [0.25, 0.3) is 0 Å². The number of fused-ring (bicyclic) bond motifs is 1. The van der Waals surface area contributed by atoms with Gasteiger partial charge < -0.3 is 15.5 Å². The third-order valence-corrected chi connectivity index (χ3v) is 5.49. The minimum Gasteiger partial charge on any atom is -0.311 e. The number of urea groups is 1. The van der Waals surface area contributed by atoms with Crippen molar-refractivity contribution >= 4 is 52.2 Å². The highest BCUT2D eigenvalue weighted by Gasteiger charge is 2.31. The standard InChI is InChI=1S/C23H18Cl2N4O2/c1-29-18-13-6-5-10-15(18)19(14-8-3-2-4-9-14)26-21(22(29)30)28-23(31)27-20-16(24)11-7-12-17(20)25/h2-13,21H,1H3,(H2,27,28,31). The summed E-state index contributed by atoms with van der Waals surface area (Å²) in [6.45, 7) is 0. The Hall–Kier alpha value is -3.35. The van der Waals surface area contributed by atoms with E-state index in [0.29, 0.717) is 11.4 Å². The molecule has 3 aromatic rings. The molecule has 156 valence electrons. The molecule has 1 heterocycles. The van der Waals surface area contributed by atoms with Gasteiger partial charge in [0, 0.05) is 18.2 Å². The highest BCUT2D eigenvalue weighted by atomic mass is 35.5. The smallest absolute Gasteiger partial charge is 0.311 e. The lowest BCUT2D eigenvalue weighted by atomic mass is 10.0. The molecule has 1 unspecified atom stereocenters. The molecule has 1 atom stereocenters. The topological polar surface area (TPSA) is 73.8 Å².